The van der Waals surface area contributed by atoms with Gasteiger partial charge in [-0.05, 0) is 60.8 Å². The third kappa shape index (κ3) is 7.51. The predicted molar refractivity (Wildman–Crippen MR) is 93.7 cm³/mol. The normalized spacial score (nSPS) is 15.0. The average molecular weight is 345 g/mol. The zero-order chi connectivity index (χ0) is 19.3. The van der Waals surface area contributed by atoms with E-state index in [2.05, 4.69) is 0 Å². The molecule has 0 spiro atoms. The molecule has 0 aromatic rings. The Morgan fingerprint density at radius 3 is 1.71 bits per heavy atom. The van der Waals surface area contributed by atoms with Gasteiger partial charge < -0.3 is 14.2 Å². The maximum absolute atomic E-state index is 12.9. The van der Waals surface area contributed by atoms with Crippen LogP contribution in [0.5, 0.6) is 0 Å². The Morgan fingerprint density at radius 2 is 1.38 bits per heavy atom. The summed E-state index contributed by atoms with van der Waals surface area (Å²) in [7, 11) is 1.47. The Morgan fingerprint density at radius 1 is 0.917 bits per heavy atom. The quantitative estimate of drug-likeness (QED) is 0.538. The topological polar surface area (TPSA) is 65.1 Å². The third-order valence-electron chi connectivity index (χ3n) is 3.11. The summed E-state index contributed by atoms with van der Waals surface area (Å²) in [5, 5.41) is 0. The van der Waals surface area contributed by atoms with Crippen LogP contribution in [0, 0.1) is 5.92 Å². The number of hydrogen-bond acceptors (Lipinski definition) is 5. The molecule has 0 aliphatic carbocycles. The fourth-order valence-corrected chi connectivity index (χ4v) is 2.33. The highest BCUT2D eigenvalue weighted by molar-refractivity contribution is 5.85. The minimum absolute atomic E-state index is 0.0582. The van der Waals surface area contributed by atoms with Gasteiger partial charge in [-0.1, -0.05) is 13.8 Å². The average Bonchev–Trinajstić information content (AvgIpc) is 2.30. The molecular weight excluding hydrogens is 310 g/mol. The molecule has 0 aromatic heterocycles. The molecule has 1 amide bonds. The third-order valence-corrected chi connectivity index (χ3v) is 3.11. The maximum Gasteiger partial charge on any atom is 0.413 e. The van der Waals surface area contributed by atoms with Crippen LogP contribution in [-0.4, -0.2) is 47.5 Å². The van der Waals surface area contributed by atoms with Gasteiger partial charge in [0.1, 0.15) is 23.5 Å². The van der Waals surface area contributed by atoms with Crippen molar-refractivity contribution >= 4 is 12.1 Å². The molecule has 1 atom stereocenters. The Balaban J connectivity index is 5.76. The molecule has 0 saturated heterocycles. The first kappa shape index (κ1) is 22.7. The lowest BCUT2D eigenvalue weighted by atomic mass is 9.89. The summed E-state index contributed by atoms with van der Waals surface area (Å²) in [6, 6.07) is 0. The molecule has 6 heteroatoms. The number of hydrogen-bond donors (Lipinski definition) is 0. The van der Waals surface area contributed by atoms with E-state index in [0.717, 1.165) is 0 Å². The first-order valence-electron chi connectivity index (χ1n) is 8.35. The van der Waals surface area contributed by atoms with E-state index in [9.17, 15) is 9.59 Å². The first-order chi connectivity index (χ1) is 10.6. The second kappa shape index (κ2) is 8.19. The van der Waals surface area contributed by atoms with Crippen LogP contribution in [0.2, 0.25) is 0 Å². The minimum Gasteiger partial charge on any atom is -0.458 e. The molecule has 0 radical (unpaired) electrons. The van der Waals surface area contributed by atoms with Crippen molar-refractivity contribution in [3.05, 3.63) is 0 Å². The van der Waals surface area contributed by atoms with Gasteiger partial charge in [0.2, 0.25) is 0 Å². The van der Waals surface area contributed by atoms with Crippen molar-refractivity contribution in [1.82, 2.24) is 4.90 Å². The second-order valence-electron chi connectivity index (χ2n) is 8.70. The summed E-state index contributed by atoms with van der Waals surface area (Å²) in [5.41, 5.74) is -2.50. The van der Waals surface area contributed by atoms with Crippen molar-refractivity contribution in [2.24, 2.45) is 5.92 Å². The lowest BCUT2D eigenvalue weighted by Gasteiger charge is -2.41. The van der Waals surface area contributed by atoms with Crippen LogP contribution >= 0.6 is 0 Å². The van der Waals surface area contributed by atoms with Crippen LogP contribution in [0.4, 0.5) is 4.79 Å². The lowest BCUT2D eigenvalue weighted by Crippen LogP contribution is -2.58. The molecule has 0 unspecified atom stereocenters. The Hall–Kier alpha value is -1.30. The zero-order valence-corrected chi connectivity index (χ0v) is 17.0. The van der Waals surface area contributed by atoms with Crippen molar-refractivity contribution in [2.75, 3.05) is 13.8 Å². The number of carbonyl (C=O) groups excluding carboxylic acids is 2. The molecule has 0 aliphatic rings. The molecule has 0 rings (SSSR count). The number of nitrogens with zero attached hydrogens (tertiary/aromatic N) is 1. The molecule has 0 bridgehead atoms. The summed E-state index contributed by atoms with van der Waals surface area (Å²) in [6.45, 7) is 16.4. The van der Waals surface area contributed by atoms with Gasteiger partial charge in [-0.2, -0.15) is 0 Å². The molecular formula is C18H35NO5. The second-order valence-corrected chi connectivity index (χ2v) is 8.70. The van der Waals surface area contributed by atoms with Crippen LogP contribution in [-0.2, 0) is 19.0 Å². The molecule has 0 saturated carbocycles. The Kier molecular flexibility index (Phi) is 7.74. The Labute approximate surface area is 146 Å². The number of carbonyl (C=O) groups is 2. The van der Waals surface area contributed by atoms with Crippen molar-refractivity contribution in [1.29, 1.82) is 0 Å². The van der Waals surface area contributed by atoms with Crippen LogP contribution < -0.4 is 0 Å². The molecule has 142 valence electrons. The van der Waals surface area contributed by atoms with E-state index >= 15 is 0 Å². The SMILES string of the molecule is COCN(C(=O)OC(C)(C)C)[C@@](C)(CC(C)C)C(=O)OC(C)(C)C. The molecule has 24 heavy (non-hydrogen) atoms. The van der Waals surface area contributed by atoms with Gasteiger partial charge in [0, 0.05) is 7.11 Å². The van der Waals surface area contributed by atoms with E-state index < -0.39 is 28.8 Å². The van der Waals surface area contributed by atoms with Crippen LogP contribution in [0.15, 0.2) is 0 Å². The zero-order valence-electron chi connectivity index (χ0n) is 17.0. The summed E-state index contributed by atoms with van der Waals surface area (Å²) in [6.07, 6.45) is -0.164. The number of esters is 1. The summed E-state index contributed by atoms with van der Waals surface area (Å²) in [5.74, 6) is -0.295. The molecule has 0 fully saturated rings. The number of ether oxygens (including phenoxy) is 3. The van der Waals surface area contributed by atoms with Gasteiger partial charge in [-0.15, -0.1) is 0 Å². The molecule has 0 aromatic carbocycles. The van der Waals surface area contributed by atoms with Crippen molar-refractivity contribution < 1.29 is 23.8 Å². The van der Waals surface area contributed by atoms with E-state index in [0.29, 0.717) is 6.42 Å². The smallest absolute Gasteiger partial charge is 0.413 e. The lowest BCUT2D eigenvalue weighted by molar-refractivity contribution is -0.173. The first-order valence-corrected chi connectivity index (χ1v) is 8.35. The van der Waals surface area contributed by atoms with E-state index in [1.54, 1.807) is 48.5 Å². The van der Waals surface area contributed by atoms with E-state index in [1.165, 1.54) is 12.0 Å². The molecule has 0 aliphatic heterocycles. The highest BCUT2D eigenvalue weighted by Gasteiger charge is 2.46. The largest absolute Gasteiger partial charge is 0.458 e. The predicted octanol–water partition coefficient (Wildman–Crippen LogP) is 3.97. The maximum atomic E-state index is 12.9. The standard InChI is InChI=1S/C18H35NO5/c1-13(2)11-18(9,14(20)23-16(3,4)5)19(12-22-10)15(21)24-17(6,7)8/h13H,11-12H2,1-10H3/t18-/m0/s1. The highest BCUT2D eigenvalue weighted by atomic mass is 16.6. The molecule has 0 N–H and O–H groups in total. The van der Waals surface area contributed by atoms with Crippen LogP contribution in [0.3, 0.4) is 0 Å². The molecule has 0 heterocycles. The van der Waals surface area contributed by atoms with Gasteiger partial charge in [0.25, 0.3) is 0 Å². The Bertz CT molecular complexity index is 434. The number of amides is 1. The fourth-order valence-electron chi connectivity index (χ4n) is 2.33. The van der Waals surface area contributed by atoms with Gasteiger partial charge in [-0.25, -0.2) is 9.59 Å². The summed E-state index contributed by atoms with van der Waals surface area (Å²) < 4.78 is 16.2. The van der Waals surface area contributed by atoms with E-state index in [4.69, 9.17) is 14.2 Å². The van der Waals surface area contributed by atoms with Gasteiger partial charge >= 0.3 is 12.1 Å². The van der Waals surface area contributed by atoms with E-state index in [-0.39, 0.29) is 12.6 Å². The fraction of sp³-hybridized carbons (Fsp3) is 0.889. The van der Waals surface area contributed by atoms with E-state index in [1.807, 2.05) is 13.8 Å². The van der Waals surface area contributed by atoms with Gasteiger partial charge in [0.05, 0.1) is 0 Å². The minimum atomic E-state index is -1.18. The van der Waals surface area contributed by atoms with Gasteiger partial charge in [-0.3, -0.25) is 4.90 Å². The summed E-state index contributed by atoms with van der Waals surface area (Å²) >= 11 is 0. The van der Waals surface area contributed by atoms with Crippen LogP contribution in [0.1, 0.15) is 68.7 Å². The van der Waals surface area contributed by atoms with Crippen molar-refractivity contribution in [3.8, 4) is 0 Å². The number of rotatable bonds is 6. The molecule has 6 nitrogen and oxygen atoms in total. The van der Waals surface area contributed by atoms with Crippen LogP contribution in [0.25, 0.3) is 0 Å². The summed E-state index contributed by atoms with van der Waals surface area (Å²) in [4.78, 5) is 26.8. The van der Waals surface area contributed by atoms with Crippen molar-refractivity contribution in [3.63, 3.8) is 0 Å². The number of methoxy groups -OCH3 is 1. The van der Waals surface area contributed by atoms with Crippen molar-refractivity contribution in [2.45, 2.75) is 85.5 Å². The van der Waals surface area contributed by atoms with Gasteiger partial charge in [0.15, 0.2) is 0 Å². The highest BCUT2D eigenvalue weighted by Crippen LogP contribution is 2.29. The monoisotopic (exact) mass is 345 g/mol.